The minimum absolute atomic E-state index is 0.0795. The highest BCUT2D eigenvalue weighted by atomic mass is 32.2. The summed E-state index contributed by atoms with van der Waals surface area (Å²) < 4.78 is 31.4. The van der Waals surface area contributed by atoms with Crippen molar-refractivity contribution in [3.63, 3.8) is 0 Å². The van der Waals surface area contributed by atoms with E-state index in [1.54, 1.807) is 4.31 Å². The molecule has 1 saturated heterocycles. The maximum Gasteiger partial charge on any atom is 0.214 e. The van der Waals surface area contributed by atoms with Crippen molar-refractivity contribution in [2.24, 2.45) is 0 Å². The molecule has 0 saturated carbocycles. The van der Waals surface area contributed by atoms with Crippen LogP contribution in [0, 0.1) is 0 Å². The van der Waals surface area contributed by atoms with Gasteiger partial charge in [-0.25, -0.2) is 8.42 Å². The third-order valence-electron chi connectivity index (χ3n) is 3.22. The van der Waals surface area contributed by atoms with E-state index in [9.17, 15) is 8.42 Å². The molecule has 1 heterocycles. The fraction of sp³-hybridized carbons (Fsp3) is 1.00. The zero-order chi connectivity index (χ0) is 13.4. The number of nitrogens with zero attached hydrogens (tertiary/aromatic N) is 1. The molecule has 0 aromatic heterocycles. The highest BCUT2D eigenvalue weighted by Gasteiger charge is 2.28. The zero-order valence-corrected chi connectivity index (χ0v) is 12.3. The first-order chi connectivity index (χ1) is 8.60. The number of ether oxygens (including phenoxy) is 1. The molecular weight excluding hydrogens is 252 g/mol. The second kappa shape index (κ2) is 8.09. The zero-order valence-electron chi connectivity index (χ0n) is 11.5. The van der Waals surface area contributed by atoms with Crippen molar-refractivity contribution in [1.82, 2.24) is 9.62 Å². The molecule has 0 aromatic rings. The van der Waals surface area contributed by atoms with Gasteiger partial charge in [0.1, 0.15) is 0 Å². The molecule has 1 aliphatic heterocycles. The van der Waals surface area contributed by atoms with Gasteiger partial charge in [0.05, 0.1) is 11.9 Å². The van der Waals surface area contributed by atoms with Crippen LogP contribution in [0.1, 0.15) is 32.6 Å². The van der Waals surface area contributed by atoms with E-state index in [4.69, 9.17) is 4.74 Å². The molecule has 1 rings (SSSR count). The molecule has 0 spiro atoms. The summed E-state index contributed by atoms with van der Waals surface area (Å²) in [5.41, 5.74) is 0. The van der Waals surface area contributed by atoms with Gasteiger partial charge in [-0.3, -0.25) is 0 Å². The molecule has 0 amide bonds. The molecule has 0 bridgehead atoms. The standard InChI is InChI=1S/C12H26N2O3S/c1-3-17-12-7-6-9-14(11-12)18(15,16)10-5-4-8-13-2/h12-13H,3-11H2,1-2H3. The Labute approximate surface area is 111 Å². The van der Waals surface area contributed by atoms with Gasteiger partial charge in [-0.1, -0.05) is 0 Å². The van der Waals surface area contributed by atoms with Gasteiger partial charge in [0, 0.05) is 19.7 Å². The van der Waals surface area contributed by atoms with Crippen molar-refractivity contribution in [2.75, 3.05) is 39.0 Å². The van der Waals surface area contributed by atoms with Crippen LogP contribution in [0.2, 0.25) is 0 Å². The first-order valence-corrected chi connectivity index (χ1v) is 8.45. The van der Waals surface area contributed by atoms with E-state index < -0.39 is 10.0 Å². The lowest BCUT2D eigenvalue weighted by Gasteiger charge is -2.31. The summed E-state index contributed by atoms with van der Waals surface area (Å²) in [7, 11) is -1.21. The van der Waals surface area contributed by atoms with Crippen molar-refractivity contribution in [2.45, 2.75) is 38.7 Å². The molecule has 1 aliphatic rings. The number of piperidine rings is 1. The van der Waals surface area contributed by atoms with Gasteiger partial charge in [0.25, 0.3) is 0 Å². The summed E-state index contributed by atoms with van der Waals surface area (Å²) in [4.78, 5) is 0. The minimum Gasteiger partial charge on any atom is -0.377 e. The summed E-state index contributed by atoms with van der Waals surface area (Å²) in [6, 6.07) is 0. The maximum atomic E-state index is 12.1. The molecule has 0 aromatic carbocycles. The fourth-order valence-electron chi connectivity index (χ4n) is 2.24. The smallest absolute Gasteiger partial charge is 0.214 e. The van der Waals surface area contributed by atoms with Crippen molar-refractivity contribution < 1.29 is 13.2 Å². The Bertz CT molecular complexity index is 317. The summed E-state index contributed by atoms with van der Waals surface area (Å²) in [6.45, 7) is 4.66. The van der Waals surface area contributed by atoms with E-state index in [1.807, 2.05) is 14.0 Å². The predicted octanol–water partition coefficient (Wildman–Crippen LogP) is 0.817. The van der Waals surface area contributed by atoms with E-state index in [-0.39, 0.29) is 11.9 Å². The van der Waals surface area contributed by atoms with Gasteiger partial charge in [0.2, 0.25) is 10.0 Å². The molecule has 5 nitrogen and oxygen atoms in total. The van der Waals surface area contributed by atoms with Gasteiger partial charge in [-0.2, -0.15) is 4.31 Å². The van der Waals surface area contributed by atoms with Crippen molar-refractivity contribution in [3.8, 4) is 0 Å². The Morgan fingerprint density at radius 1 is 1.39 bits per heavy atom. The lowest BCUT2D eigenvalue weighted by molar-refractivity contribution is 0.0265. The Morgan fingerprint density at radius 3 is 2.83 bits per heavy atom. The quantitative estimate of drug-likeness (QED) is 0.668. The molecule has 1 fully saturated rings. The van der Waals surface area contributed by atoms with E-state index in [0.717, 1.165) is 32.2 Å². The first kappa shape index (κ1) is 15.9. The molecule has 6 heteroatoms. The monoisotopic (exact) mass is 278 g/mol. The normalized spacial score (nSPS) is 22.2. The summed E-state index contributed by atoms with van der Waals surface area (Å²) in [5.74, 6) is 0.257. The van der Waals surface area contributed by atoms with Crippen LogP contribution in [-0.2, 0) is 14.8 Å². The molecule has 0 aliphatic carbocycles. The number of hydrogen-bond acceptors (Lipinski definition) is 4. The van der Waals surface area contributed by atoms with Crippen molar-refractivity contribution in [3.05, 3.63) is 0 Å². The third-order valence-corrected chi connectivity index (χ3v) is 5.14. The summed E-state index contributed by atoms with van der Waals surface area (Å²) in [5, 5.41) is 3.03. The highest BCUT2D eigenvalue weighted by Crippen LogP contribution is 2.17. The number of sulfonamides is 1. The van der Waals surface area contributed by atoms with Gasteiger partial charge < -0.3 is 10.1 Å². The van der Waals surface area contributed by atoms with E-state index in [2.05, 4.69) is 5.32 Å². The van der Waals surface area contributed by atoms with Gasteiger partial charge in [-0.15, -0.1) is 0 Å². The average molecular weight is 278 g/mol. The number of rotatable bonds is 8. The lowest BCUT2D eigenvalue weighted by atomic mass is 10.1. The third kappa shape index (κ3) is 5.22. The SMILES string of the molecule is CCOC1CCCN(S(=O)(=O)CCCCNC)C1. The van der Waals surface area contributed by atoms with Crippen LogP contribution in [0.15, 0.2) is 0 Å². The van der Waals surface area contributed by atoms with E-state index in [1.165, 1.54) is 0 Å². The second-order valence-electron chi connectivity index (χ2n) is 4.70. The number of nitrogens with one attached hydrogen (secondary N) is 1. The average Bonchev–Trinajstić information content (AvgIpc) is 2.36. The van der Waals surface area contributed by atoms with Gasteiger partial charge in [-0.05, 0) is 46.2 Å². The molecule has 18 heavy (non-hydrogen) atoms. The molecule has 1 atom stereocenters. The van der Waals surface area contributed by atoms with Crippen LogP contribution in [-0.4, -0.2) is 57.9 Å². The van der Waals surface area contributed by atoms with E-state index >= 15 is 0 Å². The molecule has 1 unspecified atom stereocenters. The van der Waals surface area contributed by atoms with Gasteiger partial charge >= 0.3 is 0 Å². The predicted molar refractivity (Wildman–Crippen MR) is 73.2 cm³/mol. The van der Waals surface area contributed by atoms with Crippen LogP contribution >= 0.6 is 0 Å². The first-order valence-electron chi connectivity index (χ1n) is 6.84. The van der Waals surface area contributed by atoms with Crippen LogP contribution in [0.5, 0.6) is 0 Å². The highest BCUT2D eigenvalue weighted by molar-refractivity contribution is 7.89. The second-order valence-corrected chi connectivity index (χ2v) is 6.79. The molecule has 0 radical (unpaired) electrons. The molecule has 1 N–H and O–H groups in total. The number of hydrogen-bond donors (Lipinski definition) is 1. The van der Waals surface area contributed by atoms with E-state index in [0.29, 0.717) is 19.7 Å². The van der Waals surface area contributed by atoms with Crippen LogP contribution in [0.25, 0.3) is 0 Å². The lowest BCUT2D eigenvalue weighted by Crippen LogP contribution is -2.44. The van der Waals surface area contributed by atoms with Gasteiger partial charge in [0.15, 0.2) is 0 Å². The largest absolute Gasteiger partial charge is 0.377 e. The van der Waals surface area contributed by atoms with Crippen LogP contribution in [0.3, 0.4) is 0 Å². The minimum atomic E-state index is -3.09. The Kier molecular flexibility index (Phi) is 7.14. The fourth-order valence-corrected chi connectivity index (χ4v) is 3.87. The summed E-state index contributed by atoms with van der Waals surface area (Å²) in [6.07, 6.45) is 3.58. The van der Waals surface area contributed by atoms with Crippen LogP contribution < -0.4 is 5.32 Å². The van der Waals surface area contributed by atoms with Crippen LogP contribution in [0.4, 0.5) is 0 Å². The topological polar surface area (TPSA) is 58.6 Å². The van der Waals surface area contributed by atoms with Crippen molar-refractivity contribution in [1.29, 1.82) is 0 Å². The van der Waals surface area contributed by atoms with Crippen molar-refractivity contribution >= 4 is 10.0 Å². The Balaban J connectivity index is 2.40. The number of unbranched alkanes of at least 4 members (excludes halogenated alkanes) is 1. The maximum absolute atomic E-state index is 12.1. The Hall–Kier alpha value is -0.170. The molecule has 108 valence electrons. The molecular formula is C12H26N2O3S. The summed E-state index contributed by atoms with van der Waals surface area (Å²) >= 11 is 0. The Morgan fingerprint density at radius 2 is 2.17 bits per heavy atom.